The largest absolute Gasteiger partial charge is 0.383 e. The van der Waals surface area contributed by atoms with Gasteiger partial charge in [0.1, 0.15) is 16.1 Å². The van der Waals surface area contributed by atoms with Crippen LogP contribution in [0.1, 0.15) is 12.0 Å². The molecule has 4 heterocycles. The van der Waals surface area contributed by atoms with Gasteiger partial charge in [0.25, 0.3) is 10.0 Å². The molecule has 0 bridgehead atoms. The van der Waals surface area contributed by atoms with Gasteiger partial charge in [0.2, 0.25) is 5.91 Å². The molecule has 168 valence electrons. The molecule has 0 unspecified atom stereocenters. The van der Waals surface area contributed by atoms with Crippen LogP contribution in [0.25, 0.3) is 21.9 Å². The number of nitrogens with one attached hydrogen (secondary N) is 1. The van der Waals surface area contributed by atoms with Crippen LogP contribution in [0.2, 0.25) is 0 Å². The van der Waals surface area contributed by atoms with Crippen LogP contribution in [-0.4, -0.2) is 41.8 Å². The van der Waals surface area contributed by atoms with Crippen molar-refractivity contribution in [1.82, 2.24) is 19.6 Å². The number of thiophene rings is 1. The number of amides is 1. The number of likely N-dealkylation sites (tertiary alicyclic amines) is 1. The number of nitrogens with zero attached hydrogens (tertiary/aromatic N) is 3. The summed E-state index contributed by atoms with van der Waals surface area (Å²) in [6, 6.07) is 12.2. The molecule has 0 saturated carbocycles. The van der Waals surface area contributed by atoms with Gasteiger partial charge in [-0.05, 0) is 47.2 Å². The summed E-state index contributed by atoms with van der Waals surface area (Å²) < 4.78 is 28.6. The second-order valence-corrected chi connectivity index (χ2v) is 10.7. The fourth-order valence-corrected chi connectivity index (χ4v) is 6.38. The summed E-state index contributed by atoms with van der Waals surface area (Å²) in [6.07, 6.45) is 5.42. The quantitative estimate of drug-likeness (QED) is 0.439. The van der Waals surface area contributed by atoms with Crippen LogP contribution in [0.4, 0.5) is 5.82 Å². The van der Waals surface area contributed by atoms with Crippen molar-refractivity contribution in [3.63, 3.8) is 0 Å². The molecule has 5 rings (SSSR count). The van der Waals surface area contributed by atoms with E-state index >= 15 is 0 Å². The zero-order chi connectivity index (χ0) is 23.0. The van der Waals surface area contributed by atoms with Gasteiger partial charge in [-0.2, -0.15) is 4.72 Å². The average Bonchev–Trinajstić information content (AvgIpc) is 3.44. The first-order valence-electron chi connectivity index (χ1n) is 10.3. The Kier molecular flexibility index (Phi) is 5.57. The second kappa shape index (κ2) is 8.54. The Morgan fingerprint density at radius 2 is 2.03 bits per heavy atom. The van der Waals surface area contributed by atoms with E-state index in [-0.39, 0.29) is 10.1 Å². The number of sulfonamides is 1. The van der Waals surface area contributed by atoms with Crippen LogP contribution in [0, 0.1) is 0 Å². The molecule has 1 amide bonds. The lowest BCUT2D eigenvalue weighted by Crippen LogP contribution is -2.41. The third kappa shape index (κ3) is 4.32. The van der Waals surface area contributed by atoms with Crippen LogP contribution in [-0.2, 0) is 21.4 Å². The van der Waals surface area contributed by atoms with E-state index in [0.29, 0.717) is 25.3 Å². The summed E-state index contributed by atoms with van der Waals surface area (Å²) in [4.78, 5) is 22.8. The first-order chi connectivity index (χ1) is 15.9. The van der Waals surface area contributed by atoms with Crippen molar-refractivity contribution >= 4 is 43.9 Å². The molecule has 8 nitrogen and oxygen atoms in total. The van der Waals surface area contributed by atoms with Gasteiger partial charge in [-0.25, -0.2) is 13.4 Å². The number of nitrogens with two attached hydrogens (primary N) is 1. The zero-order valence-electron chi connectivity index (χ0n) is 17.5. The highest BCUT2D eigenvalue weighted by atomic mass is 32.2. The monoisotopic (exact) mass is 479 g/mol. The van der Waals surface area contributed by atoms with E-state index in [4.69, 9.17) is 5.73 Å². The zero-order valence-corrected chi connectivity index (χ0v) is 19.1. The normalized spacial score (nSPS) is 16.5. The van der Waals surface area contributed by atoms with Crippen LogP contribution < -0.4 is 10.5 Å². The van der Waals surface area contributed by atoms with Gasteiger partial charge in [0.15, 0.2) is 0 Å². The van der Waals surface area contributed by atoms with Crippen molar-refractivity contribution in [3.8, 4) is 11.1 Å². The van der Waals surface area contributed by atoms with Gasteiger partial charge in [0, 0.05) is 48.0 Å². The SMILES string of the molecule is Nc1nccc2ccc(CN3CC[C@H](NS(=O)(=O)c4cc(-c5cccnc5)cs4)C3=O)cc12. The maximum absolute atomic E-state index is 12.9. The number of rotatable bonds is 6. The molecule has 4 aromatic rings. The summed E-state index contributed by atoms with van der Waals surface area (Å²) in [5, 5.41) is 3.58. The second-order valence-electron chi connectivity index (χ2n) is 7.87. The van der Waals surface area contributed by atoms with E-state index in [2.05, 4.69) is 14.7 Å². The lowest BCUT2D eigenvalue weighted by molar-refractivity contribution is -0.129. The van der Waals surface area contributed by atoms with Gasteiger partial charge in [-0.3, -0.25) is 9.78 Å². The Morgan fingerprint density at radius 3 is 2.85 bits per heavy atom. The maximum Gasteiger partial charge on any atom is 0.250 e. The highest BCUT2D eigenvalue weighted by Crippen LogP contribution is 2.29. The van der Waals surface area contributed by atoms with Crippen molar-refractivity contribution in [2.75, 3.05) is 12.3 Å². The van der Waals surface area contributed by atoms with Crippen LogP contribution in [0.5, 0.6) is 0 Å². The number of benzene rings is 1. The molecule has 3 aromatic heterocycles. The number of pyridine rings is 2. The predicted octanol–water partition coefficient (Wildman–Crippen LogP) is 3.02. The number of fused-ring (bicyclic) bond motifs is 1. The van der Waals surface area contributed by atoms with E-state index in [0.717, 1.165) is 38.8 Å². The topological polar surface area (TPSA) is 118 Å². The minimum atomic E-state index is -3.82. The molecule has 0 aliphatic carbocycles. The number of aromatic nitrogens is 2. The number of carbonyl (C=O) groups excluding carboxylic acids is 1. The van der Waals surface area contributed by atoms with E-state index < -0.39 is 16.1 Å². The first kappa shape index (κ1) is 21.5. The van der Waals surface area contributed by atoms with Gasteiger partial charge >= 0.3 is 0 Å². The molecule has 1 aliphatic heterocycles. The van der Waals surface area contributed by atoms with E-state index in [1.807, 2.05) is 30.3 Å². The first-order valence-corrected chi connectivity index (χ1v) is 12.7. The van der Waals surface area contributed by atoms with Gasteiger partial charge in [0.05, 0.1) is 0 Å². The lowest BCUT2D eigenvalue weighted by Gasteiger charge is -2.17. The van der Waals surface area contributed by atoms with Crippen LogP contribution in [0.15, 0.2) is 70.6 Å². The van der Waals surface area contributed by atoms with Crippen molar-refractivity contribution < 1.29 is 13.2 Å². The van der Waals surface area contributed by atoms with Crippen LogP contribution in [0.3, 0.4) is 0 Å². The summed E-state index contributed by atoms with van der Waals surface area (Å²) in [5.74, 6) is 0.205. The highest BCUT2D eigenvalue weighted by Gasteiger charge is 2.35. The van der Waals surface area contributed by atoms with Gasteiger partial charge in [-0.15, -0.1) is 11.3 Å². The smallest absolute Gasteiger partial charge is 0.250 e. The highest BCUT2D eigenvalue weighted by molar-refractivity contribution is 7.91. The molecule has 10 heteroatoms. The molecule has 0 spiro atoms. The Labute approximate surface area is 195 Å². The van der Waals surface area contributed by atoms with E-state index in [9.17, 15) is 13.2 Å². The molecule has 1 fully saturated rings. The molecule has 3 N–H and O–H groups in total. The number of hydrogen-bond donors (Lipinski definition) is 2. The Hall–Kier alpha value is -3.34. The van der Waals surface area contributed by atoms with Gasteiger partial charge in [-0.1, -0.05) is 18.2 Å². The molecule has 1 aliphatic rings. The summed E-state index contributed by atoms with van der Waals surface area (Å²) >= 11 is 1.12. The van der Waals surface area contributed by atoms with Gasteiger partial charge < -0.3 is 10.6 Å². The fraction of sp³-hybridized carbons (Fsp3) is 0.174. The maximum atomic E-state index is 12.9. The molecule has 0 radical (unpaired) electrons. The number of nitrogen functional groups attached to an aromatic ring is 1. The van der Waals surface area contributed by atoms with E-state index in [1.54, 1.807) is 41.0 Å². The molecule has 1 aromatic carbocycles. The Morgan fingerprint density at radius 1 is 1.15 bits per heavy atom. The molecule has 33 heavy (non-hydrogen) atoms. The molecule has 1 saturated heterocycles. The molecular formula is C23H21N5O3S2. The van der Waals surface area contributed by atoms with Crippen molar-refractivity contribution in [2.45, 2.75) is 23.2 Å². The number of anilines is 1. The number of hydrogen-bond acceptors (Lipinski definition) is 7. The standard InChI is InChI=1S/C23H21N5O3S2/c24-22-19-10-15(3-4-16(19)5-8-26-22)13-28-9-6-20(23(28)29)27-33(30,31)21-11-18(14-32-21)17-2-1-7-25-12-17/h1-5,7-8,10-12,14,20,27H,6,9,13H2,(H2,24,26)/t20-/m0/s1. The summed E-state index contributed by atoms with van der Waals surface area (Å²) in [6.45, 7) is 0.851. The average molecular weight is 480 g/mol. The lowest BCUT2D eigenvalue weighted by atomic mass is 10.1. The molecule has 1 atom stereocenters. The minimum absolute atomic E-state index is 0.171. The predicted molar refractivity (Wildman–Crippen MR) is 128 cm³/mol. The van der Waals surface area contributed by atoms with E-state index in [1.165, 1.54) is 0 Å². The Bertz CT molecular complexity index is 1440. The summed E-state index contributed by atoms with van der Waals surface area (Å²) in [7, 11) is -3.82. The third-order valence-electron chi connectivity index (χ3n) is 5.66. The summed E-state index contributed by atoms with van der Waals surface area (Å²) in [5.41, 5.74) is 8.50. The minimum Gasteiger partial charge on any atom is -0.383 e. The van der Waals surface area contributed by atoms with Crippen molar-refractivity contribution in [2.24, 2.45) is 0 Å². The van der Waals surface area contributed by atoms with Crippen LogP contribution >= 0.6 is 11.3 Å². The molecular weight excluding hydrogens is 458 g/mol. The van der Waals surface area contributed by atoms with Crippen molar-refractivity contribution in [1.29, 1.82) is 0 Å². The van der Waals surface area contributed by atoms with Crippen molar-refractivity contribution in [3.05, 3.63) is 72.0 Å². The Balaban J connectivity index is 1.28. The third-order valence-corrected chi connectivity index (χ3v) is 8.58. The number of carbonyl (C=O) groups is 1. The fourth-order valence-electron chi connectivity index (χ4n) is 3.95.